The first-order valence-electron chi connectivity index (χ1n) is 8.75. The lowest BCUT2D eigenvalue weighted by Gasteiger charge is -1.96. The number of phenols is 3. The molecule has 0 bridgehead atoms. The third kappa shape index (κ3) is 16.8. The highest BCUT2D eigenvalue weighted by Gasteiger charge is 1.92. The van der Waals surface area contributed by atoms with E-state index in [1.165, 1.54) is 0 Å². The van der Waals surface area contributed by atoms with E-state index in [2.05, 4.69) is 11.8 Å². The average Bonchev–Trinajstić information content (AvgIpc) is 2.75. The maximum atomic E-state index is 8.80. The first-order chi connectivity index (χ1) is 15.0. The van der Waals surface area contributed by atoms with Gasteiger partial charge in [0.25, 0.3) is 0 Å². The van der Waals surface area contributed by atoms with Gasteiger partial charge in [0.2, 0.25) is 0 Å². The number of phenolic OH excluding ortho intramolecular Hbond substituents is 3. The first kappa shape index (κ1) is 29.0. The van der Waals surface area contributed by atoms with Crippen LogP contribution in [0.2, 0.25) is 0 Å². The Morgan fingerprint density at radius 3 is 0.781 bits per heavy atom. The number of methoxy groups -OCH3 is 3. The number of benzene rings is 3. The van der Waals surface area contributed by atoms with Gasteiger partial charge in [-0.1, -0.05) is 0 Å². The van der Waals surface area contributed by atoms with Crippen LogP contribution in [0.1, 0.15) is 0 Å². The molecule has 3 aromatic rings. The summed E-state index contributed by atoms with van der Waals surface area (Å²) < 4.78 is 14.6. The van der Waals surface area contributed by atoms with Gasteiger partial charge in [0.1, 0.15) is 34.5 Å². The molecule has 0 aromatic heterocycles. The van der Waals surface area contributed by atoms with E-state index >= 15 is 0 Å². The highest BCUT2D eigenvalue weighted by molar-refractivity contribution is 8.06. The molecule has 0 aliphatic heterocycles. The van der Waals surface area contributed by atoms with E-state index < -0.39 is 6.72 Å². The molecule has 0 saturated carbocycles. The fourth-order valence-corrected chi connectivity index (χ4v) is 1.75. The molecule has 11 heteroatoms. The standard InChI is InChI=1S/3C7H8O2.H3O3PS/c3*1-9-7-4-2-6(8)3-5-7;1-4(2,3)5/h3*2-5,8H,1H3;(H3,1,2,3,5). The third-order valence-electron chi connectivity index (χ3n) is 3.22. The Balaban J connectivity index is 0.000000410. The Labute approximate surface area is 191 Å². The molecule has 0 amide bonds. The van der Waals surface area contributed by atoms with Crippen LogP contribution in [0.5, 0.6) is 34.5 Å². The minimum atomic E-state index is -3.81. The van der Waals surface area contributed by atoms with Gasteiger partial charge in [0.15, 0.2) is 0 Å². The Morgan fingerprint density at radius 2 is 0.656 bits per heavy atom. The lowest BCUT2D eigenvalue weighted by Crippen LogP contribution is -1.79. The molecule has 9 nitrogen and oxygen atoms in total. The lowest BCUT2D eigenvalue weighted by molar-refractivity contribution is 0.363. The predicted octanol–water partition coefficient (Wildman–Crippen LogP) is 3.39. The minimum Gasteiger partial charge on any atom is -0.508 e. The van der Waals surface area contributed by atoms with Crippen LogP contribution < -0.4 is 14.2 Å². The van der Waals surface area contributed by atoms with Gasteiger partial charge in [0, 0.05) is 0 Å². The Bertz CT molecular complexity index is 795. The van der Waals surface area contributed by atoms with Crippen molar-refractivity contribution >= 4 is 18.5 Å². The summed E-state index contributed by atoms with van der Waals surface area (Å²) in [5, 5.41) is 26.4. The van der Waals surface area contributed by atoms with E-state index in [1.54, 1.807) is 94.1 Å². The molecular formula is C21H27O9PS. The van der Waals surface area contributed by atoms with Crippen molar-refractivity contribution in [2.24, 2.45) is 0 Å². The van der Waals surface area contributed by atoms with Gasteiger partial charge in [-0.15, -0.1) is 0 Å². The summed E-state index contributed by atoms with van der Waals surface area (Å²) in [7, 11) is 4.77. The molecule has 176 valence electrons. The first-order valence-corrected chi connectivity index (χ1v) is 11.4. The third-order valence-corrected chi connectivity index (χ3v) is 3.22. The number of hydrogen-bond donors (Lipinski definition) is 6. The van der Waals surface area contributed by atoms with Gasteiger partial charge in [-0.3, -0.25) is 0 Å². The van der Waals surface area contributed by atoms with Gasteiger partial charge in [-0.05, 0) is 84.6 Å². The van der Waals surface area contributed by atoms with E-state index in [1.807, 2.05) is 0 Å². The van der Waals surface area contributed by atoms with Gasteiger partial charge in [0.05, 0.1) is 21.3 Å². The van der Waals surface area contributed by atoms with Crippen LogP contribution in [0.4, 0.5) is 0 Å². The number of aromatic hydroxyl groups is 3. The quantitative estimate of drug-likeness (QED) is 0.304. The summed E-state index contributed by atoms with van der Waals surface area (Å²) in [6.07, 6.45) is 0. The molecule has 0 unspecified atom stereocenters. The molecule has 0 fully saturated rings. The minimum absolute atomic E-state index is 0.260. The highest BCUT2D eigenvalue weighted by Crippen LogP contribution is 2.26. The van der Waals surface area contributed by atoms with Crippen LogP contribution in [-0.2, 0) is 11.8 Å². The van der Waals surface area contributed by atoms with Crippen LogP contribution in [-0.4, -0.2) is 51.3 Å². The van der Waals surface area contributed by atoms with E-state index in [9.17, 15) is 0 Å². The molecule has 0 radical (unpaired) electrons. The van der Waals surface area contributed by atoms with Gasteiger partial charge < -0.3 is 44.2 Å². The van der Waals surface area contributed by atoms with Crippen molar-refractivity contribution in [3.8, 4) is 34.5 Å². The highest BCUT2D eigenvalue weighted by atomic mass is 32.5. The van der Waals surface area contributed by atoms with Gasteiger partial charge in [-0.25, -0.2) is 0 Å². The van der Waals surface area contributed by atoms with Crippen LogP contribution in [0, 0.1) is 0 Å². The largest absolute Gasteiger partial charge is 0.508 e. The lowest BCUT2D eigenvalue weighted by atomic mass is 10.3. The van der Waals surface area contributed by atoms with Crippen molar-refractivity contribution in [3.63, 3.8) is 0 Å². The van der Waals surface area contributed by atoms with Gasteiger partial charge in [-0.2, -0.15) is 0 Å². The molecule has 0 heterocycles. The summed E-state index contributed by atoms with van der Waals surface area (Å²) in [5.41, 5.74) is 0. The summed E-state index contributed by atoms with van der Waals surface area (Å²) >= 11 is 3.60. The second kappa shape index (κ2) is 15.7. The van der Waals surface area contributed by atoms with E-state index in [4.69, 9.17) is 44.2 Å². The molecule has 0 atom stereocenters. The van der Waals surface area contributed by atoms with Crippen molar-refractivity contribution in [1.82, 2.24) is 0 Å². The zero-order chi connectivity index (χ0) is 24.6. The van der Waals surface area contributed by atoms with Crippen LogP contribution in [0.3, 0.4) is 0 Å². The SMILES string of the molecule is COc1ccc(O)cc1.COc1ccc(O)cc1.COc1ccc(O)cc1.OP(O)(O)=S. The Hall–Kier alpha value is -3.01. The van der Waals surface area contributed by atoms with Crippen LogP contribution in [0.25, 0.3) is 0 Å². The van der Waals surface area contributed by atoms with Crippen LogP contribution in [0.15, 0.2) is 72.8 Å². The number of ether oxygens (including phenoxy) is 3. The maximum absolute atomic E-state index is 8.80. The molecule has 0 aliphatic rings. The van der Waals surface area contributed by atoms with Crippen molar-refractivity contribution in [3.05, 3.63) is 72.8 Å². The Morgan fingerprint density at radius 1 is 0.500 bits per heavy atom. The van der Waals surface area contributed by atoms with Crippen molar-refractivity contribution in [2.45, 2.75) is 0 Å². The summed E-state index contributed by atoms with van der Waals surface area (Å²) in [4.78, 5) is 22.7. The van der Waals surface area contributed by atoms with E-state index in [0.717, 1.165) is 17.2 Å². The molecule has 3 aromatic carbocycles. The average molecular weight is 486 g/mol. The molecular weight excluding hydrogens is 459 g/mol. The molecule has 32 heavy (non-hydrogen) atoms. The van der Waals surface area contributed by atoms with E-state index in [0.29, 0.717) is 0 Å². The molecule has 0 spiro atoms. The van der Waals surface area contributed by atoms with Crippen molar-refractivity contribution < 1.29 is 44.2 Å². The fraction of sp³-hybridized carbons (Fsp3) is 0.143. The van der Waals surface area contributed by atoms with Gasteiger partial charge >= 0.3 is 6.72 Å². The normalized spacial score (nSPS) is 9.44. The zero-order valence-electron chi connectivity index (χ0n) is 17.7. The number of rotatable bonds is 3. The number of hydrogen-bond acceptors (Lipinski definition) is 7. The van der Waals surface area contributed by atoms with Crippen LogP contribution >= 0.6 is 6.72 Å². The monoisotopic (exact) mass is 486 g/mol. The van der Waals surface area contributed by atoms with E-state index in [-0.39, 0.29) is 17.2 Å². The summed E-state index contributed by atoms with van der Waals surface area (Å²) in [6.45, 7) is -3.81. The molecule has 3 rings (SSSR count). The fourth-order valence-electron chi connectivity index (χ4n) is 1.75. The smallest absolute Gasteiger partial charge is 0.319 e. The van der Waals surface area contributed by atoms with Crippen molar-refractivity contribution in [2.75, 3.05) is 21.3 Å². The zero-order valence-corrected chi connectivity index (χ0v) is 19.4. The Kier molecular flexibility index (Phi) is 14.3. The molecule has 0 aliphatic carbocycles. The predicted molar refractivity (Wildman–Crippen MR) is 125 cm³/mol. The topological polar surface area (TPSA) is 149 Å². The summed E-state index contributed by atoms with van der Waals surface area (Å²) in [6, 6.07) is 19.7. The maximum Gasteiger partial charge on any atom is 0.319 e. The second-order valence-corrected chi connectivity index (χ2v) is 8.10. The van der Waals surface area contributed by atoms with Crippen molar-refractivity contribution in [1.29, 1.82) is 0 Å². The second-order valence-electron chi connectivity index (χ2n) is 5.61. The molecule has 0 saturated heterocycles. The molecule has 6 N–H and O–H groups in total. The summed E-state index contributed by atoms with van der Waals surface area (Å²) in [5.74, 6) is 3.05.